The summed E-state index contributed by atoms with van der Waals surface area (Å²) < 4.78 is 16.2. The topological polar surface area (TPSA) is 85.9 Å². The standard InChI is InChI=1S/C22H26N2O5/c1-4-27-17-8-6-5-7-16(17)21(25)24-20(14(2)3)22(26)23-12-15-9-10-18-19(11-15)29-13-28-18/h5-11,14,20H,4,12-13H2,1-3H3,(H,23,26)(H,24,25). The van der Waals surface area contributed by atoms with E-state index in [0.29, 0.717) is 36.0 Å². The Morgan fingerprint density at radius 2 is 1.86 bits per heavy atom. The second-order valence-corrected chi connectivity index (χ2v) is 7.03. The number of ether oxygens (including phenoxy) is 3. The molecule has 2 amide bonds. The molecule has 0 bridgehead atoms. The lowest BCUT2D eigenvalue weighted by molar-refractivity contribution is -0.124. The molecule has 29 heavy (non-hydrogen) atoms. The largest absolute Gasteiger partial charge is 0.493 e. The van der Waals surface area contributed by atoms with Gasteiger partial charge in [-0.15, -0.1) is 0 Å². The third kappa shape index (κ3) is 4.99. The highest BCUT2D eigenvalue weighted by Crippen LogP contribution is 2.32. The van der Waals surface area contributed by atoms with Crippen molar-refractivity contribution in [2.45, 2.75) is 33.4 Å². The number of fused-ring (bicyclic) bond motifs is 1. The van der Waals surface area contributed by atoms with Crippen LogP contribution in [0.15, 0.2) is 42.5 Å². The molecular weight excluding hydrogens is 372 g/mol. The predicted octanol–water partition coefficient (Wildman–Crippen LogP) is 2.88. The van der Waals surface area contributed by atoms with Crippen LogP contribution in [0.3, 0.4) is 0 Å². The zero-order valence-electron chi connectivity index (χ0n) is 16.9. The van der Waals surface area contributed by atoms with Crippen LogP contribution >= 0.6 is 0 Å². The minimum absolute atomic E-state index is 0.0880. The number of para-hydroxylation sites is 1. The number of amides is 2. The fourth-order valence-corrected chi connectivity index (χ4v) is 3.04. The van der Waals surface area contributed by atoms with E-state index in [0.717, 1.165) is 5.56 Å². The lowest BCUT2D eigenvalue weighted by Crippen LogP contribution is -2.49. The van der Waals surface area contributed by atoms with E-state index in [1.165, 1.54) is 0 Å². The van der Waals surface area contributed by atoms with Gasteiger partial charge in [0, 0.05) is 6.54 Å². The molecule has 0 saturated heterocycles. The summed E-state index contributed by atoms with van der Waals surface area (Å²) in [7, 11) is 0. The van der Waals surface area contributed by atoms with Crippen LogP contribution in [0.4, 0.5) is 0 Å². The van der Waals surface area contributed by atoms with Gasteiger partial charge in [-0.25, -0.2) is 0 Å². The lowest BCUT2D eigenvalue weighted by atomic mass is 10.0. The predicted molar refractivity (Wildman–Crippen MR) is 108 cm³/mol. The molecule has 0 radical (unpaired) electrons. The SMILES string of the molecule is CCOc1ccccc1C(=O)NC(C(=O)NCc1ccc2c(c1)OCO2)C(C)C. The van der Waals surface area contributed by atoms with Crippen molar-refractivity contribution in [1.82, 2.24) is 10.6 Å². The van der Waals surface area contributed by atoms with Crippen molar-refractivity contribution in [2.24, 2.45) is 5.92 Å². The van der Waals surface area contributed by atoms with Crippen molar-refractivity contribution in [3.63, 3.8) is 0 Å². The smallest absolute Gasteiger partial charge is 0.255 e. The molecule has 2 aromatic rings. The molecule has 1 heterocycles. The average molecular weight is 398 g/mol. The van der Waals surface area contributed by atoms with E-state index < -0.39 is 6.04 Å². The molecule has 1 unspecified atom stereocenters. The zero-order valence-corrected chi connectivity index (χ0v) is 16.9. The summed E-state index contributed by atoms with van der Waals surface area (Å²) in [4.78, 5) is 25.5. The molecule has 7 nitrogen and oxygen atoms in total. The molecular formula is C22H26N2O5. The maximum atomic E-state index is 12.8. The Bertz CT molecular complexity index is 881. The molecule has 1 aliphatic heterocycles. The average Bonchev–Trinajstić information content (AvgIpc) is 3.18. The van der Waals surface area contributed by atoms with Crippen LogP contribution in [0.25, 0.3) is 0 Å². The Kier molecular flexibility index (Phi) is 6.59. The number of rotatable bonds is 8. The Labute approximate surface area is 170 Å². The minimum atomic E-state index is -0.675. The summed E-state index contributed by atoms with van der Waals surface area (Å²) in [5, 5.41) is 5.72. The maximum absolute atomic E-state index is 12.8. The van der Waals surface area contributed by atoms with E-state index in [1.54, 1.807) is 24.3 Å². The molecule has 3 rings (SSSR count). The number of benzene rings is 2. The molecule has 0 fully saturated rings. The van der Waals surface area contributed by atoms with Crippen molar-refractivity contribution < 1.29 is 23.8 Å². The van der Waals surface area contributed by atoms with Crippen LogP contribution in [-0.2, 0) is 11.3 Å². The van der Waals surface area contributed by atoms with Crippen molar-refractivity contribution in [3.8, 4) is 17.2 Å². The van der Waals surface area contributed by atoms with Crippen molar-refractivity contribution in [2.75, 3.05) is 13.4 Å². The van der Waals surface area contributed by atoms with Crippen LogP contribution < -0.4 is 24.8 Å². The van der Waals surface area contributed by atoms with Crippen LogP contribution in [0.2, 0.25) is 0 Å². The van der Waals surface area contributed by atoms with Gasteiger partial charge in [-0.05, 0) is 42.7 Å². The third-order valence-electron chi connectivity index (χ3n) is 4.57. The van der Waals surface area contributed by atoms with Gasteiger partial charge in [-0.1, -0.05) is 32.0 Å². The molecule has 154 valence electrons. The summed E-state index contributed by atoms with van der Waals surface area (Å²) >= 11 is 0. The van der Waals surface area contributed by atoms with E-state index in [9.17, 15) is 9.59 Å². The fourth-order valence-electron chi connectivity index (χ4n) is 3.04. The van der Waals surface area contributed by atoms with E-state index >= 15 is 0 Å². The quantitative estimate of drug-likeness (QED) is 0.714. The Balaban J connectivity index is 1.64. The number of carbonyl (C=O) groups excluding carboxylic acids is 2. The van der Waals surface area contributed by atoms with E-state index in [4.69, 9.17) is 14.2 Å². The fraction of sp³-hybridized carbons (Fsp3) is 0.364. The van der Waals surface area contributed by atoms with Gasteiger partial charge in [0.2, 0.25) is 12.7 Å². The third-order valence-corrected chi connectivity index (χ3v) is 4.57. The molecule has 0 aromatic heterocycles. The van der Waals surface area contributed by atoms with E-state index in [2.05, 4.69) is 10.6 Å². The van der Waals surface area contributed by atoms with E-state index in [-0.39, 0.29) is 24.5 Å². The van der Waals surface area contributed by atoms with Crippen LogP contribution in [0.5, 0.6) is 17.2 Å². The highest BCUT2D eigenvalue weighted by Gasteiger charge is 2.26. The first-order chi connectivity index (χ1) is 14.0. The van der Waals surface area contributed by atoms with Crippen molar-refractivity contribution >= 4 is 11.8 Å². The van der Waals surface area contributed by atoms with Crippen LogP contribution in [-0.4, -0.2) is 31.3 Å². The maximum Gasteiger partial charge on any atom is 0.255 e. The Morgan fingerprint density at radius 3 is 2.62 bits per heavy atom. The highest BCUT2D eigenvalue weighted by molar-refractivity contribution is 5.99. The van der Waals surface area contributed by atoms with Gasteiger partial charge in [0.25, 0.3) is 5.91 Å². The van der Waals surface area contributed by atoms with Gasteiger partial charge in [-0.2, -0.15) is 0 Å². The van der Waals surface area contributed by atoms with Gasteiger partial charge < -0.3 is 24.8 Å². The summed E-state index contributed by atoms with van der Waals surface area (Å²) in [6, 6.07) is 11.8. The highest BCUT2D eigenvalue weighted by atomic mass is 16.7. The summed E-state index contributed by atoms with van der Waals surface area (Å²) in [6.45, 7) is 6.61. The van der Waals surface area contributed by atoms with Crippen molar-refractivity contribution in [1.29, 1.82) is 0 Å². The molecule has 1 atom stereocenters. The number of hydrogen-bond acceptors (Lipinski definition) is 5. The molecule has 1 aliphatic rings. The molecule has 0 aliphatic carbocycles. The van der Waals surface area contributed by atoms with Crippen molar-refractivity contribution in [3.05, 3.63) is 53.6 Å². The van der Waals surface area contributed by atoms with E-state index in [1.807, 2.05) is 39.0 Å². The van der Waals surface area contributed by atoms with Gasteiger partial charge >= 0.3 is 0 Å². The Morgan fingerprint density at radius 1 is 1.10 bits per heavy atom. The summed E-state index contributed by atoms with van der Waals surface area (Å²) in [5.41, 5.74) is 1.29. The molecule has 0 spiro atoms. The summed E-state index contributed by atoms with van der Waals surface area (Å²) in [6.07, 6.45) is 0. The number of carbonyl (C=O) groups is 2. The van der Waals surface area contributed by atoms with Gasteiger partial charge in [0.1, 0.15) is 11.8 Å². The van der Waals surface area contributed by atoms with Gasteiger partial charge in [-0.3, -0.25) is 9.59 Å². The number of nitrogens with one attached hydrogen (secondary N) is 2. The first kappa shape index (κ1) is 20.5. The normalized spacial score (nSPS) is 13.1. The van der Waals surface area contributed by atoms with Crippen LogP contribution in [0.1, 0.15) is 36.7 Å². The molecule has 7 heteroatoms. The summed E-state index contributed by atoms with van der Waals surface area (Å²) in [5.74, 6) is 1.18. The monoisotopic (exact) mass is 398 g/mol. The van der Waals surface area contributed by atoms with Gasteiger partial charge in [0.15, 0.2) is 11.5 Å². The van der Waals surface area contributed by atoms with Crippen LogP contribution in [0, 0.1) is 5.92 Å². The Hall–Kier alpha value is -3.22. The van der Waals surface area contributed by atoms with Gasteiger partial charge in [0.05, 0.1) is 12.2 Å². The molecule has 0 saturated carbocycles. The number of hydrogen-bond donors (Lipinski definition) is 2. The minimum Gasteiger partial charge on any atom is -0.493 e. The molecule has 2 aromatic carbocycles. The lowest BCUT2D eigenvalue weighted by Gasteiger charge is -2.22. The first-order valence-electron chi connectivity index (χ1n) is 9.68. The zero-order chi connectivity index (χ0) is 20.8. The second kappa shape index (κ2) is 9.32. The first-order valence-corrected chi connectivity index (χ1v) is 9.68. The molecule has 2 N–H and O–H groups in total. The second-order valence-electron chi connectivity index (χ2n) is 7.03.